The van der Waals surface area contributed by atoms with E-state index in [0.29, 0.717) is 13.2 Å². The van der Waals surface area contributed by atoms with Crippen molar-refractivity contribution in [3.63, 3.8) is 0 Å². The molecule has 0 aliphatic rings. The van der Waals surface area contributed by atoms with E-state index in [4.69, 9.17) is 13.6 Å². The zero-order valence-electron chi connectivity index (χ0n) is 23.6. The fraction of sp³-hybridized carbons (Fsp3) is 0.364. The Morgan fingerprint density at radius 2 is 1.15 bits per heavy atom. The average Bonchev–Trinajstić information content (AvgIpc) is 2.97. The average molecular weight is 561 g/mol. The van der Waals surface area contributed by atoms with Gasteiger partial charge in [-0.2, -0.15) is 0 Å². The smallest absolute Gasteiger partial charge is 0.330 e. The molecule has 0 saturated heterocycles. The molecule has 4 nitrogen and oxygen atoms in total. The van der Waals surface area contributed by atoms with Crippen LogP contribution >= 0.6 is 0 Å². The molecule has 0 aliphatic heterocycles. The van der Waals surface area contributed by atoms with E-state index < -0.39 is 22.6 Å². The number of benzene rings is 3. The lowest BCUT2D eigenvalue weighted by molar-refractivity contribution is -0.139. The second-order valence-electron chi connectivity index (χ2n) is 10.2. The Morgan fingerprint density at radius 1 is 0.692 bits per heavy atom. The topological polar surface area (TPSA) is 44.8 Å². The van der Waals surface area contributed by atoms with Crippen molar-refractivity contribution in [1.82, 2.24) is 0 Å². The summed E-state index contributed by atoms with van der Waals surface area (Å²) in [5.74, 6) is -0.414. The van der Waals surface area contributed by atoms with Crippen LogP contribution in [0.4, 0.5) is 0 Å². The van der Waals surface area contributed by atoms with Crippen molar-refractivity contribution in [3.8, 4) is 0 Å². The molecule has 0 aliphatic carbocycles. The van der Waals surface area contributed by atoms with E-state index >= 15 is 0 Å². The monoisotopic (exact) mass is 560 g/mol. The third-order valence-electron chi connectivity index (χ3n) is 7.39. The molecule has 0 fully saturated rings. The fourth-order valence-corrected chi connectivity index (χ4v) is 16.6. The van der Waals surface area contributed by atoms with Gasteiger partial charge in [-0.3, -0.25) is 0 Å². The van der Waals surface area contributed by atoms with Gasteiger partial charge in [0, 0.05) is 12.7 Å². The van der Waals surface area contributed by atoms with Crippen LogP contribution in [0.15, 0.2) is 104 Å². The second-order valence-corrected chi connectivity index (χ2v) is 18.8. The quantitative estimate of drug-likeness (QED) is 0.0703. The van der Waals surface area contributed by atoms with Crippen molar-refractivity contribution >= 4 is 22.6 Å². The minimum atomic E-state index is -2.32. The number of esters is 1. The van der Waals surface area contributed by atoms with Crippen LogP contribution in [0.5, 0.6) is 0 Å². The highest BCUT2D eigenvalue weighted by atomic mass is 28.4. The number of hydrogen-bond donors (Lipinski definition) is 0. The van der Waals surface area contributed by atoms with E-state index in [1.54, 1.807) is 0 Å². The summed E-state index contributed by atoms with van der Waals surface area (Å²) in [6, 6.07) is 38.8. The zero-order valence-corrected chi connectivity index (χ0v) is 25.6. The van der Waals surface area contributed by atoms with Gasteiger partial charge < -0.3 is 13.6 Å². The highest BCUT2D eigenvalue weighted by Gasteiger charge is 2.43. The van der Waals surface area contributed by atoms with Crippen molar-refractivity contribution in [3.05, 3.63) is 120 Å². The summed E-state index contributed by atoms with van der Waals surface area (Å²) >= 11 is 0. The molecule has 0 N–H and O–H groups in total. The van der Waals surface area contributed by atoms with Crippen molar-refractivity contribution in [2.75, 3.05) is 19.8 Å². The minimum Gasteiger partial charge on any atom is -0.460 e. The Labute approximate surface area is 237 Å². The van der Waals surface area contributed by atoms with Crippen molar-refractivity contribution in [2.45, 2.75) is 56.5 Å². The summed E-state index contributed by atoms with van der Waals surface area (Å²) in [5, 5.41) is 0. The summed E-state index contributed by atoms with van der Waals surface area (Å²) in [6.45, 7) is 9.35. The molecule has 3 rings (SSSR count). The molecule has 0 aromatic heterocycles. The standard InChI is InChI=1S/C33H44O4Si2/c1-4-33(34)36-25-24-35-23-16-26-39(28-31-19-12-8-13-20-31,29-32-21-14-9-15-22-32)37-38(5-2,6-3)27-30-17-10-7-11-18-30/h4,7-15,17-22H,1,5-6,16,23-29H2,2-3H3. The molecule has 0 heterocycles. The molecule has 0 saturated carbocycles. The lowest BCUT2D eigenvalue weighted by Gasteiger charge is -2.42. The predicted molar refractivity (Wildman–Crippen MR) is 165 cm³/mol. The van der Waals surface area contributed by atoms with Gasteiger partial charge in [0.25, 0.3) is 0 Å². The molecule has 39 heavy (non-hydrogen) atoms. The maximum atomic E-state index is 11.3. The molecule has 0 unspecified atom stereocenters. The largest absolute Gasteiger partial charge is 0.460 e. The molecular formula is C33H44O4Si2. The third-order valence-corrected chi connectivity index (χ3v) is 17.9. The first-order valence-electron chi connectivity index (χ1n) is 14.2. The number of carbonyl (C=O) groups is 1. The summed E-state index contributed by atoms with van der Waals surface area (Å²) in [7, 11) is -4.39. The highest BCUT2D eigenvalue weighted by molar-refractivity contribution is 6.86. The molecule has 0 bridgehead atoms. The van der Waals surface area contributed by atoms with Crippen LogP contribution in [0.2, 0.25) is 18.1 Å². The Bertz CT molecular complexity index is 1060. The van der Waals surface area contributed by atoms with Crippen LogP contribution in [0.3, 0.4) is 0 Å². The number of hydrogen-bond acceptors (Lipinski definition) is 4. The van der Waals surface area contributed by atoms with E-state index in [2.05, 4.69) is 111 Å². The summed E-state index contributed by atoms with van der Waals surface area (Å²) in [5.41, 5.74) is 4.09. The van der Waals surface area contributed by atoms with E-state index in [-0.39, 0.29) is 6.61 Å². The normalized spacial score (nSPS) is 11.7. The Balaban J connectivity index is 1.86. The first-order chi connectivity index (χ1) is 19.0. The van der Waals surface area contributed by atoms with E-state index in [9.17, 15) is 4.79 Å². The summed E-state index contributed by atoms with van der Waals surface area (Å²) < 4.78 is 18.7. The Hall–Kier alpha value is -2.78. The fourth-order valence-electron chi connectivity index (χ4n) is 5.26. The number of carbonyl (C=O) groups excluding carboxylic acids is 1. The van der Waals surface area contributed by atoms with Gasteiger partial charge in [-0.25, -0.2) is 4.79 Å². The lowest BCUT2D eigenvalue weighted by Crippen LogP contribution is -2.55. The van der Waals surface area contributed by atoms with Gasteiger partial charge in [-0.05, 0) is 59.4 Å². The van der Waals surface area contributed by atoms with Crippen molar-refractivity contribution < 1.29 is 18.4 Å². The molecular weight excluding hydrogens is 517 g/mol. The lowest BCUT2D eigenvalue weighted by atomic mass is 10.2. The van der Waals surface area contributed by atoms with Crippen molar-refractivity contribution in [2.24, 2.45) is 0 Å². The van der Waals surface area contributed by atoms with Gasteiger partial charge in [0.2, 0.25) is 0 Å². The van der Waals surface area contributed by atoms with Gasteiger partial charge in [0.05, 0.1) is 6.61 Å². The molecule has 0 radical (unpaired) electrons. The Kier molecular flexibility index (Phi) is 12.9. The van der Waals surface area contributed by atoms with Gasteiger partial charge >= 0.3 is 5.97 Å². The molecule has 3 aromatic carbocycles. The summed E-state index contributed by atoms with van der Waals surface area (Å²) in [4.78, 5) is 11.3. The Morgan fingerprint density at radius 3 is 1.59 bits per heavy atom. The first-order valence-corrected chi connectivity index (χ1v) is 19.3. The van der Waals surface area contributed by atoms with Gasteiger partial charge in [0.1, 0.15) is 6.61 Å². The minimum absolute atomic E-state index is 0.247. The van der Waals surface area contributed by atoms with Crippen LogP contribution in [0.1, 0.15) is 37.0 Å². The van der Waals surface area contributed by atoms with Crippen LogP contribution in [0, 0.1) is 0 Å². The maximum Gasteiger partial charge on any atom is 0.330 e. The molecule has 208 valence electrons. The zero-order chi connectivity index (χ0) is 27.8. The third kappa shape index (κ3) is 10.4. The molecule has 6 heteroatoms. The van der Waals surface area contributed by atoms with E-state index in [0.717, 1.165) is 42.7 Å². The van der Waals surface area contributed by atoms with Crippen LogP contribution in [-0.2, 0) is 36.5 Å². The highest BCUT2D eigenvalue weighted by Crippen LogP contribution is 2.33. The molecule has 0 spiro atoms. The summed E-state index contributed by atoms with van der Waals surface area (Å²) in [6.07, 6.45) is 2.10. The first kappa shape index (κ1) is 30.8. The molecule has 3 aromatic rings. The molecule has 0 atom stereocenters. The van der Waals surface area contributed by atoms with E-state index in [1.165, 1.54) is 22.8 Å². The second kappa shape index (κ2) is 16.4. The van der Waals surface area contributed by atoms with Crippen LogP contribution in [0.25, 0.3) is 0 Å². The SMILES string of the molecule is C=CC(=O)OCCOCCC[Si](Cc1ccccc1)(Cc1ccccc1)O[Si](CC)(CC)Cc1ccccc1. The molecule has 0 amide bonds. The number of rotatable bonds is 18. The van der Waals surface area contributed by atoms with Crippen molar-refractivity contribution in [1.29, 1.82) is 0 Å². The van der Waals surface area contributed by atoms with Crippen LogP contribution in [-0.4, -0.2) is 42.4 Å². The van der Waals surface area contributed by atoms with Crippen LogP contribution < -0.4 is 0 Å². The maximum absolute atomic E-state index is 11.3. The van der Waals surface area contributed by atoms with Gasteiger partial charge in [-0.1, -0.05) is 111 Å². The van der Waals surface area contributed by atoms with Gasteiger partial charge in [0.15, 0.2) is 16.6 Å². The predicted octanol–water partition coefficient (Wildman–Crippen LogP) is 7.42. The van der Waals surface area contributed by atoms with E-state index in [1.807, 2.05) is 0 Å². The number of ether oxygens (including phenoxy) is 2. The van der Waals surface area contributed by atoms with Gasteiger partial charge in [-0.15, -0.1) is 0 Å².